The maximum absolute atomic E-state index is 11.1. The fourth-order valence-corrected chi connectivity index (χ4v) is 2.00. The fraction of sp³-hybridized carbons (Fsp3) is 0.455. The summed E-state index contributed by atoms with van der Waals surface area (Å²) in [5, 5.41) is 18.4. The van der Waals surface area contributed by atoms with Crippen molar-refractivity contribution in [3.63, 3.8) is 0 Å². The third-order valence-corrected chi connectivity index (χ3v) is 2.92. The maximum Gasteiger partial charge on any atom is 0.339 e. The number of nitrogens with zero attached hydrogens (tertiary/aromatic N) is 2. The number of aliphatic hydroxyl groups excluding tert-OH is 1. The van der Waals surface area contributed by atoms with Crippen LogP contribution in [0.25, 0.3) is 0 Å². The molecule has 0 saturated carbocycles. The van der Waals surface area contributed by atoms with Gasteiger partial charge in [-0.25, -0.2) is 9.78 Å². The SMILES string of the molecule is O=C(O)c1ccc(Cl)nc1N1CCOC(CO)C1. The summed E-state index contributed by atoms with van der Waals surface area (Å²) in [6.45, 7) is 1.21. The molecule has 0 spiro atoms. The van der Waals surface area contributed by atoms with Gasteiger partial charge in [0.2, 0.25) is 0 Å². The van der Waals surface area contributed by atoms with Crippen LogP contribution in [0.3, 0.4) is 0 Å². The second-order valence-electron chi connectivity index (χ2n) is 3.93. The van der Waals surface area contributed by atoms with Crippen molar-refractivity contribution in [2.24, 2.45) is 0 Å². The zero-order valence-electron chi connectivity index (χ0n) is 9.54. The number of halogens is 1. The molecule has 18 heavy (non-hydrogen) atoms. The van der Waals surface area contributed by atoms with Gasteiger partial charge in [0, 0.05) is 13.1 Å². The first-order chi connectivity index (χ1) is 8.61. The van der Waals surface area contributed by atoms with Crippen molar-refractivity contribution in [1.29, 1.82) is 0 Å². The van der Waals surface area contributed by atoms with Gasteiger partial charge in [0.05, 0.1) is 19.3 Å². The number of morpholine rings is 1. The molecule has 1 aromatic heterocycles. The first kappa shape index (κ1) is 13.1. The normalized spacial score (nSPS) is 19.9. The number of aromatic carboxylic acids is 1. The molecule has 0 amide bonds. The Hall–Kier alpha value is -1.37. The Bertz CT molecular complexity index is 455. The maximum atomic E-state index is 11.1. The highest BCUT2D eigenvalue weighted by Crippen LogP contribution is 2.23. The summed E-state index contributed by atoms with van der Waals surface area (Å²) in [7, 11) is 0. The van der Waals surface area contributed by atoms with Crippen LogP contribution in [-0.4, -0.2) is 53.6 Å². The van der Waals surface area contributed by atoms with Crippen LogP contribution < -0.4 is 4.90 Å². The molecule has 0 aromatic carbocycles. The molecule has 1 atom stereocenters. The number of aliphatic hydroxyl groups is 1. The zero-order chi connectivity index (χ0) is 13.1. The van der Waals surface area contributed by atoms with Gasteiger partial charge >= 0.3 is 5.97 Å². The van der Waals surface area contributed by atoms with Crippen molar-refractivity contribution < 1.29 is 19.7 Å². The Morgan fingerprint density at radius 1 is 1.61 bits per heavy atom. The average Bonchev–Trinajstić information content (AvgIpc) is 2.38. The summed E-state index contributed by atoms with van der Waals surface area (Å²) in [6.07, 6.45) is -0.332. The van der Waals surface area contributed by atoms with E-state index < -0.39 is 5.97 Å². The standard InChI is InChI=1S/C11H13ClN2O4/c12-9-2-1-8(11(16)17)10(13-9)14-3-4-18-7(5-14)6-15/h1-2,7,15H,3-6H2,(H,16,17). The minimum atomic E-state index is -1.05. The number of hydrogen-bond donors (Lipinski definition) is 2. The zero-order valence-corrected chi connectivity index (χ0v) is 10.3. The van der Waals surface area contributed by atoms with Crippen molar-refractivity contribution in [3.05, 3.63) is 22.8 Å². The average molecular weight is 273 g/mol. The van der Waals surface area contributed by atoms with Crippen molar-refractivity contribution in [2.75, 3.05) is 31.2 Å². The molecule has 1 aliphatic heterocycles. The highest BCUT2D eigenvalue weighted by Gasteiger charge is 2.24. The van der Waals surface area contributed by atoms with Gasteiger partial charge in [0.1, 0.15) is 16.5 Å². The first-order valence-corrected chi connectivity index (χ1v) is 5.87. The third-order valence-electron chi connectivity index (χ3n) is 2.71. The molecule has 0 bridgehead atoms. The Morgan fingerprint density at radius 2 is 2.39 bits per heavy atom. The summed E-state index contributed by atoms with van der Waals surface area (Å²) in [5.41, 5.74) is 0.0954. The number of ether oxygens (including phenoxy) is 1. The summed E-state index contributed by atoms with van der Waals surface area (Å²) in [6, 6.07) is 2.87. The molecular formula is C11H13ClN2O4. The van der Waals surface area contributed by atoms with E-state index >= 15 is 0 Å². The number of carboxylic acid groups (broad SMARTS) is 1. The lowest BCUT2D eigenvalue weighted by atomic mass is 10.2. The van der Waals surface area contributed by atoms with Crippen LogP contribution in [0.1, 0.15) is 10.4 Å². The second kappa shape index (κ2) is 5.51. The summed E-state index contributed by atoms with van der Waals surface area (Å²) < 4.78 is 5.31. The van der Waals surface area contributed by atoms with Gasteiger partial charge in [-0.15, -0.1) is 0 Å². The second-order valence-corrected chi connectivity index (χ2v) is 4.32. The first-order valence-electron chi connectivity index (χ1n) is 5.49. The van der Waals surface area contributed by atoms with Crippen molar-refractivity contribution in [3.8, 4) is 0 Å². The van der Waals surface area contributed by atoms with E-state index in [-0.39, 0.29) is 23.4 Å². The van der Waals surface area contributed by atoms with Crippen LogP contribution >= 0.6 is 11.6 Å². The lowest BCUT2D eigenvalue weighted by Gasteiger charge is -2.33. The highest BCUT2D eigenvalue weighted by molar-refractivity contribution is 6.29. The van der Waals surface area contributed by atoms with Gasteiger partial charge in [-0.1, -0.05) is 11.6 Å². The molecule has 1 aliphatic rings. The smallest absolute Gasteiger partial charge is 0.339 e. The lowest BCUT2D eigenvalue weighted by molar-refractivity contribution is 0.00328. The molecule has 1 aromatic rings. The molecule has 6 nitrogen and oxygen atoms in total. The molecule has 98 valence electrons. The monoisotopic (exact) mass is 272 g/mol. The molecule has 1 unspecified atom stereocenters. The summed E-state index contributed by atoms with van der Waals surface area (Å²) >= 11 is 5.80. The van der Waals surface area contributed by atoms with E-state index in [1.165, 1.54) is 12.1 Å². The molecule has 1 fully saturated rings. The predicted molar refractivity (Wildman–Crippen MR) is 65.2 cm³/mol. The van der Waals surface area contributed by atoms with E-state index in [0.717, 1.165) is 0 Å². The van der Waals surface area contributed by atoms with Gasteiger partial charge in [-0.2, -0.15) is 0 Å². The van der Waals surface area contributed by atoms with Crippen LogP contribution in [0.15, 0.2) is 12.1 Å². The Morgan fingerprint density at radius 3 is 3.06 bits per heavy atom. The van der Waals surface area contributed by atoms with Crippen molar-refractivity contribution in [1.82, 2.24) is 4.98 Å². The third kappa shape index (κ3) is 2.72. The van der Waals surface area contributed by atoms with E-state index in [2.05, 4.69) is 4.98 Å². The number of anilines is 1. The van der Waals surface area contributed by atoms with Crippen LogP contribution in [-0.2, 0) is 4.74 Å². The van der Waals surface area contributed by atoms with Gasteiger partial charge in [-0.05, 0) is 12.1 Å². The molecule has 2 rings (SSSR count). The molecular weight excluding hydrogens is 260 g/mol. The predicted octanol–water partition coefficient (Wildman–Crippen LogP) is 0.631. The molecule has 1 saturated heterocycles. The Kier molecular flexibility index (Phi) is 4.00. The molecule has 0 aliphatic carbocycles. The van der Waals surface area contributed by atoms with E-state index in [1.54, 1.807) is 4.90 Å². The van der Waals surface area contributed by atoms with E-state index in [9.17, 15) is 4.79 Å². The van der Waals surface area contributed by atoms with Crippen molar-refractivity contribution >= 4 is 23.4 Å². The van der Waals surface area contributed by atoms with E-state index in [4.69, 9.17) is 26.6 Å². The van der Waals surface area contributed by atoms with Crippen LogP contribution in [0, 0.1) is 0 Å². The van der Waals surface area contributed by atoms with Crippen LogP contribution in [0.2, 0.25) is 5.15 Å². The van der Waals surface area contributed by atoms with Gasteiger partial charge in [0.15, 0.2) is 0 Å². The van der Waals surface area contributed by atoms with E-state index in [0.29, 0.717) is 25.5 Å². The van der Waals surface area contributed by atoms with Crippen molar-refractivity contribution in [2.45, 2.75) is 6.10 Å². The number of pyridine rings is 1. The topological polar surface area (TPSA) is 82.9 Å². The van der Waals surface area contributed by atoms with Crippen LogP contribution in [0.4, 0.5) is 5.82 Å². The Balaban J connectivity index is 2.31. The number of rotatable bonds is 3. The molecule has 0 radical (unpaired) electrons. The number of carbonyl (C=O) groups is 1. The number of carboxylic acids is 1. The summed E-state index contributed by atoms with van der Waals surface area (Å²) in [5.74, 6) is -0.738. The molecule has 2 N–H and O–H groups in total. The Labute approximate surface area is 109 Å². The largest absolute Gasteiger partial charge is 0.478 e. The quantitative estimate of drug-likeness (QED) is 0.786. The minimum absolute atomic E-state index is 0.0954. The summed E-state index contributed by atoms with van der Waals surface area (Å²) in [4.78, 5) is 17.0. The van der Waals surface area contributed by atoms with Crippen LogP contribution in [0.5, 0.6) is 0 Å². The lowest BCUT2D eigenvalue weighted by Crippen LogP contribution is -2.45. The number of aromatic nitrogens is 1. The number of hydrogen-bond acceptors (Lipinski definition) is 5. The van der Waals surface area contributed by atoms with Gasteiger partial charge in [-0.3, -0.25) is 0 Å². The minimum Gasteiger partial charge on any atom is -0.478 e. The van der Waals surface area contributed by atoms with Gasteiger partial charge < -0.3 is 19.8 Å². The van der Waals surface area contributed by atoms with E-state index in [1.807, 2.05) is 0 Å². The molecule has 7 heteroatoms. The highest BCUT2D eigenvalue weighted by atomic mass is 35.5. The van der Waals surface area contributed by atoms with Gasteiger partial charge in [0.25, 0.3) is 0 Å². The molecule has 2 heterocycles. The fourth-order valence-electron chi connectivity index (χ4n) is 1.86.